The zero-order valence-electron chi connectivity index (χ0n) is 10.3. The van der Waals surface area contributed by atoms with Crippen molar-refractivity contribution in [2.75, 3.05) is 13.1 Å². The van der Waals surface area contributed by atoms with Gasteiger partial charge in [-0.1, -0.05) is 43.1 Å². The predicted molar refractivity (Wildman–Crippen MR) is 80.4 cm³/mol. The van der Waals surface area contributed by atoms with E-state index in [2.05, 4.69) is 19.2 Å². The summed E-state index contributed by atoms with van der Waals surface area (Å²) in [6, 6.07) is 5.71. The number of halogens is 2. The van der Waals surface area contributed by atoms with Crippen LogP contribution >= 0.6 is 35.0 Å². The van der Waals surface area contributed by atoms with E-state index in [4.69, 9.17) is 23.2 Å². The topological polar surface area (TPSA) is 12.0 Å². The molecule has 1 aromatic rings. The van der Waals surface area contributed by atoms with Crippen LogP contribution in [0.15, 0.2) is 18.2 Å². The number of hydrogen-bond acceptors (Lipinski definition) is 2. The maximum absolute atomic E-state index is 6.13. The van der Waals surface area contributed by atoms with Gasteiger partial charge in [-0.2, -0.15) is 11.8 Å². The van der Waals surface area contributed by atoms with Crippen molar-refractivity contribution in [3.8, 4) is 0 Å². The molecule has 0 saturated heterocycles. The second kappa shape index (κ2) is 8.25. The number of nitrogens with one attached hydrogen (secondary N) is 1. The third-order valence-electron chi connectivity index (χ3n) is 2.52. The zero-order chi connectivity index (χ0) is 12.7. The van der Waals surface area contributed by atoms with Crippen molar-refractivity contribution >= 4 is 35.0 Å². The third-order valence-corrected chi connectivity index (χ3v) is 4.39. The maximum Gasteiger partial charge on any atom is 0.0461 e. The number of hydrogen-bond donors (Lipinski definition) is 1. The van der Waals surface area contributed by atoms with Crippen LogP contribution in [0.5, 0.6) is 0 Å². The van der Waals surface area contributed by atoms with Gasteiger partial charge in [0.05, 0.1) is 0 Å². The monoisotopic (exact) mass is 291 g/mol. The van der Waals surface area contributed by atoms with Gasteiger partial charge >= 0.3 is 0 Å². The molecule has 4 heteroatoms. The highest BCUT2D eigenvalue weighted by molar-refractivity contribution is 7.99. The number of benzene rings is 1. The zero-order valence-corrected chi connectivity index (χ0v) is 12.6. The van der Waals surface area contributed by atoms with Gasteiger partial charge in [-0.25, -0.2) is 0 Å². The lowest BCUT2D eigenvalue weighted by molar-refractivity contribution is 0.670. The Hall–Kier alpha value is 0.110. The summed E-state index contributed by atoms with van der Waals surface area (Å²) in [6.45, 7) is 6.51. The summed E-state index contributed by atoms with van der Waals surface area (Å²) >= 11 is 13.9. The van der Waals surface area contributed by atoms with Gasteiger partial charge in [0.15, 0.2) is 0 Å². The molecule has 1 aromatic carbocycles. The third kappa shape index (κ3) is 6.01. The molecule has 0 heterocycles. The van der Waals surface area contributed by atoms with Gasteiger partial charge in [0, 0.05) is 21.0 Å². The normalized spacial score (nSPS) is 12.7. The fraction of sp³-hybridized carbons (Fsp3) is 0.538. The largest absolute Gasteiger partial charge is 0.317 e. The van der Waals surface area contributed by atoms with Crippen molar-refractivity contribution in [1.29, 1.82) is 0 Å². The van der Waals surface area contributed by atoms with Crippen molar-refractivity contribution in [3.05, 3.63) is 33.8 Å². The van der Waals surface area contributed by atoms with Crippen LogP contribution in [-0.4, -0.2) is 18.3 Å². The van der Waals surface area contributed by atoms with Gasteiger partial charge in [-0.15, -0.1) is 0 Å². The minimum atomic E-state index is 0.640. The molecule has 0 fully saturated rings. The van der Waals surface area contributed by atoms with E-state index in [0.29, 0.717) is 10.3 Å². The molecule has 1 unspecified atom stereocenters. The Morgan fingerprint density at radius 2 is 2.12 bits per heavy atom. The summed E-state index contributed by atoms with van der Waals surface area (Å²) in [6.07, 6.45) is 1.18. The van der Waals surface area contributed by atoms with E-state index in [1.807, 2.05) is 30.0 Å². The number of thioether (sulfide) groups is 1. The molecule has 1 rings (SSSR count). The van der Waals surface area contributed by atoms with Gasteiger partial charge < -0.3 is 5.32 Å². The molecular formula is C13H19Cl2NS. The fourth-order valence-corrected chi connectivity index (χ4v) is 2.99. The van der Waals surface area contributed by atoms with Crippen LogP contribution in [0.2, 0.25) is 10.0 Å². The van der Waals surface area contributed by atoms with E-state index in [1.54, 1.807) is 0 Å². The highest BCUT2D eigenvalue weighted by Gasteiger charge is 2.06. The Balaban J connectivity index is 2.34. The first-order valence-electron chi connectivity index (χ1n) is 5.89. The molecule has 0 aliphatic rings. The van der Waals surface area contributed by atoms with Gasteiger partial charge in [0.1, 0.15) is 0 Å². The summed E-state index contributed by atoms with van der Waals surface area (Å²) in [5.41, 5.74) is 1.16. The van der Waals surface area contributed by atoms with E-state index < -0.39 is 0 Å². The quantitative estimate of drug-likeness (QED) is 0.736. The fourth-order valence-electron chi connectivity index (χ4n) is 1.44. The smallest absolute Gasteiger partial charge is 0.0461 e. The lowest BCUT2D eigenvalue weighted by Crippen LogP contribution is -2.17. The summed E-state index contributed by atoms with van der Waals surface area (Å²) in [5.74, 6) is 0.948. The Labute approximate surface area is 118 Å². The molecule has 17 heavy (non-hydrogen) atoms. The molecule has 0 aromatic heterocycles. The summed E-state index contributed by atoms with van der Waals surface area (Å²) in [5, 5.41) is 5.44. The molecule has 0 spiro atoms. The lowest BCUT2D eigenvalue weighted by Gasteiger charge is -2.12. The van der Waals surface area contributed by atoms with E-state index in [-0.39, 0.29) is 0 Å². The molecule has 0 aliphatic heterocycles. The maximum atomic E-state index is 6.13. The van der Waals surface area contributed by atoms with Crippen LogP contribution in [0.3, 0.4) is 0 Å². The average molecular weight is 292 g/mol. The van der Waals surface area contributed by atoms with Crippen molar-refractivity contribution in [2.24, 2.45) is 0 Å². The molecule has 0 aliphatic carbocycles. The lowest BCUT2D eigenvalue weighted by atomic mass is 10.2. The Morgan fingerprint density at radius 1 is 1.35 bits per heavy atom. The summed E-state index contributed by atoms with van der Waals surface area (Å²) in [7, 11) is 0. The van der Waals surface area contributed by atoms with Crippen molar-refractivity contribution < 1.29 is 0 Å². The van der Waals surface area contributed by atoms with Gasteiger partial charge in [-0.05, 0) is 37.2 Å². The van der Waals surface area contributed by atoms with Crippen LogP contribution in [0.25, 0.3) is 0 Å². The van der Waals surface area contributed by atoms with E-state index in [1.165, 1.54) is 6.42 Å². The molecule has 1 N–H and O–H groups in total. The molecule has 0 radical (unpaired) electrons. The molecule has 1 atom stereocenters. The van der Waals surface area contributed by atoms with Crippen molar-refractivity contribution in [1.82, 2.24) is 5.32 Å². The van der Waals surface area contributed by atoms with Gasteiger partial charge in [-0.3, -0.25) is 0 Å². The van der Waals surface area contributed by atoms with Crippen molar-refractivity contribution in [2.45, 2.75) is 31.3 Å². The Bertz CT molecular complexity index is 344. The number of rotatable bonds is 7. The predicted octanol–water partition coefficient (Wildman–Crippen LogP) is 4.61. The highest BCUT2D eigenvalue weighted by Crippen LogP contribution is 2.27. The van der Waals surface area contributed by atoms with Crippen molar-refractivity contribution in [3.63, 3.8) is 0 Å². The van der Waals surface area contributed by atoms with Crippen LogP contribution < -0.4 is 5.32 Å². The minimum absolute atomic E-state index is 0.640. The molecule has 0 saturated carbocycles. The van der Waals surface area contributed by atoms with Gasteiger partial charge in [0.25, 0.3) is 0 Å². The highest BCUT2D eigenvalue weighted by atomic mass is 35.5. The summed E-state index contributed by atoms with van der Waals surface area (Å²) < 4.78 is 0. The van der Waals surface area contributed by atoms with Gasteiger partial charge in [0.2, 0.25) is 0 Å². The first kappa shape index (κ1) is 15.2. The van der Waals surface area contributed by atoms with Crippen LogP contribution in [0, 0.1) is 0 Å². The standard InChI is InChI=1S/C13H19Cl2NS/c1-3-16-7-6-10(2)17-9-11-4-5-12(14)8-13(11)15/h4-5,8,10,16H,3,6-7,9H2,1-2H3. The first-order chi connectivity index (χ1) is 8.13. The average Bonchev–Trinajstić information content (AvgIpc) is 2.28. The van der Waals surface area contributed by atoms with Crippen LogP contribution in [-0.2, 0) is 5.75 Å². The Morgan fingerprint density at radius 3 is 2.76 bits per heavy atom. The minimum Gasteiger partial charge on any atom is -0.317 e. The van der Waals surface area contributed by atoms with Crippen LogP contribution in [0.1, 0.15) is 25.8 Å². The van der Waals surface area contributed by atoms with E-state index in [9.17, 15) is 0 Å². The molecule has 96 valence electrons. The SMILES string of the molecule is CCNCCC(C)SCc1ccc(Cl)cc1Cl. The second-order valence-electron chi connectivity index (χ2n) is 4.00. The molecule has 0 amide bonds. The van der Waals surface area contributed by atoms with Crippen LogP contribution in [0.4, 0.5) is 0 Å². The molecule has 0 bridgehead atoms. The molecule has 1 nitrogen and oxygen atoms in total. The summed E-state index contributed by atoms with van der Waals surface area (Å²) in [4.78, 5) is 0. The molecular weight excluding hydrogens is 273 g/mol. The first-order valence-corrected chi connectivity index (χ1v) is 7.70. The van der Waals surface area contributed by atoms with E-state index in [0.717, 1.165) is 29.4 Å². The van der Waals surface area contributed by atoms with E-state index >= 15 is 0 Å². The second-order valence-corrected chi connectivity index (χ2v) is 6.27. The Kier molecular flexibility index (Phi) is 7.36.